The number of methoxy groups -OCH3 is 1. The average Bonchev–Trinajstić information content (AvgIpc) is 2.92. The number of likely N-dealkylation sites (tertiary alicyclic amines) is 1. The Morgan fingerprint density at radius 3 is 2.11 bits per heavy atom. The SMILES string of the molecule is COc1ccc(S(=O)(=O)C2CCN(C(=O)CCc3ccc(OCc4ccccc4)cc3)CC2)cc1. The number of aryl methyl sites for hydroxylation is 1. The van der Waals surface area contributed by atoms with Crippen molar-refractivity contribution in [2.75, 3.05) is 20.2 Å². The van der Waals surface area contributed by atoms with Crippen LogP contribution in [0.2, 0.25) is 0 Å². The first-order chi connectivity index (χ1) is 17.0. The maximum absolute atomic E-state index is 13.0. The molecule has 0 N–H and O–H groups in total. The zero-order chi connectivity index (χ0) is 24.7. The van der Waals surface area contributed by atoms with E-state index in [9.17, 15) is 13.2 Å². The van der Waals surface area contributed by atoms with Crippen molar-refractivity contribution in [1.29, 1.82) is 0 Å². The largest absolute Gasteiger partial charge is 0.497 e. The molecule has 6 nitrogen and oxygen atoms in total. The minimum Gasteiger partial charge on any atom is -0.497 e. The van der Waals surface area contributed by atoms with Crippen LogP contribution in [0.3, 0.4) is 0 Å². The van der Waals surface area contributed by atoms with Gasteiger partial charge in [-0.05, 0) is 66.8 Å². The molecule has 1 aliphatic rings. The number of benzene rings is 3. The van der Waals surface area contributed by atoms with Crippen LogP contribution in [0.1, 0.15) is 30.4 Å². The molecule has 0 bridgehead atoms. The molecular weight excluding hydrogens is 462 g/mol. The highest BCUT2D eigenvalue weighted by atomic mass is 32.2. The van der Waals surface area contributed by atoms with E-state index < -0.39 is 15.1 Å². The topological polar surface area (TPSA) is 72.9 Å². The van der Waals surface area contributed by atoms with E-state index in [0.717, 1.165) is 16.9 Å². The predicted molar refractivity (Wildman–Crippen MR) is 135 cm³/mol. The Labute approximate surface area is 207 Å². The van der Waals surface area contributed by atoms with Gasteiger partial charge in [-0.15, -0.1) is 0 Å². The lowest BCUT2D eigenvalue weighted by atomic mass is 10.1. The van der Waals surface area contributed by atoms with Gasteiger partial charge in [0.2, 0.25) is 5.91 Å². The van der Waals surface area contributed by atoms with Gasteiger partial charge in [0.05, 0.1) is 17.3 Å². The minimum atomic E-state index is -3.42. The molecular formula is C28H31NO5S. The fourth-order valence-electron chi connectivity index (χ4n) is 4.28. The zero-order valence-electron chi connectivity index (χ0n) is 19.9. The maximum atomic E-state index is 13.0. The summed E-state index contributed by atoms with van der Waals surface area (Å²) in [5, 5.41) is -0.469. The monoisotopic (exact) mass is 493 g/mol. The fourth-order valence-corrected chi connectivity index (χ4v) is 6.01. The van der Waals surface area contributed by atoms with E-state index in [-0.39, 0.29) is 5.91 Å². The molecule has 1 amide bonds. The van der Waals surface area contributed by atoms with E-state index in [2.05, 4.69) is 0 Å². The Morgan fingerprint density at radius 2 is 1.49 bits per heavy atom. The summed E-state index contributed by atoms with van der Waals surface area (Å²) in [4.78, 5) is 14.8. The first-order valence-electron chi connectivity index (χ1n) is 11.9. The molecule has 0 saturated carbocycles. The summed E-state index contributed by atoms with van der Waals surface area (Å²) >= 11 is 0. The van der Waals surface area contributed by atoms with Crippen LogP contribution in [0.15, 0.2) is 83.8 Å². The highest BCUT2D eigenvalue weighted by Crippen LogP contribution is 2.26. The molecule has 3 aromatic carbocycles. The van der Waals surface area contributed by atoms with Gasteiger partial charge >= 0.3 is 0 Å². The number of carbonyl (C=O) groups is 1. The lowest BCUT2D eigenvalue weighted by Crippen LogP contribution is -2.42. The van der Waals surface area contributed by atoms with E-state index >= 15 is 0 Å². The zero-order valence-corrected chi connectivity index (χ0v) is 20.7. The number of hydrogen-bond acceptors (Lipinski definition) is 5. The maximum Gasteiger partial charge on any atom is 0.222 e. The molecule has 1 heterocycles. The quantitative estimate of drug-likeness (QED) is 0.433. The predicted octanol–water partition coefficient (Wildman–Crippen LogP) is 4.67. The van der Waals surface area contributed by atoms with Crippen LogP contribution in [-0.4, -0.2) is 44.7 Å². The standard InChI is InChI=1S/C28H31NO5S/c1-33-24-12-14-26(15-13-24)35(31,32)27-17-19-29(20-18-27)28(30)16-9-22-7-10-25(11-8-22)34-21-23-5-3-2-4-6-23/h2-8,10-15,27H,9,16-21H2,1H3. The van der Waals surface area contributed by atoms with Gasteiger partial charge in [0.15, 0.2) is 9.84 Å². The number of nitrogens with zero attached hydrogens (tertiary/aromatic N) is 1. The van der Waals surface area contributed by atoms with Crippen LogP contribution in [-0.2, 0) is 27.7 Å². The molecule has 0 unspecified atom stereocenters. The van der Waals surface area contributed by atoms with E-state index in [1.54, 1.807) is 36.3 Å². The molecule has 1 saturated heterocycles. The van der Waals surface area contributed by atoms with Crippen LogP contribution < -0.4 is 9.47 Å². The van der Waals surface area contributed by atoms with Gasteiger partial charge in [0.1, 0.15) is 18.1 Å². The number of amides is 1. The Balaban J connectivity index is 1.23. The van der Waals surface area contributed by atoms with E-state index in [0.29, 0.717) is 56.0 Å². The average molecular weight is 494 g/mol. The van der Waals surface area contributed by atoms with Crippen molar-refractivity contribution >= 4 is 15.7 Å². The molecule has 184 valence electrons. The van der Waals surface area contributed by atoms with Crippen LogP contribution >= 0.6 is 0 Å². The molecule has 0 spiro atoms. The minimum absolute atomic E-state index is 0.0645. The van der Waals surface area contributed by atoms with Gasteiger partial charge in [-0.2, -0.15) is 0 Å². The van der Waals surface area contributed by atoms with Crippen molar-refractivity contribution in [3.05, 3.63) is 90.0 Å². The highest BCUT2D eigenvalue weighted by molar-refractivity contribution is 7.92. The highest BCUT2D eigenvalue weighted by Gasteiger charge is 2.32. The molecule has 1 aliphatic heterocycles. The normalized spacial score (nSPS) is 14.5. The molecule has 1 fully saturated rings. The van der Waals surface area contributed by atoms with E-state index in [1.165, 1.54) is 0 Å². The molecule has 0 aromatic heterocycles. The molecule has 3 aromatic rings. The molecule has 0 atom stereocenters. The van der Waals surface area contributed by atoms with Crippen LogP contribution in [0, 0.1) is 0 Å². The molecule has 0 radical (unpaired) electrons. The Kier molecular flexibility index (Phi) is 8.08. The summed E-state index contributed by atoms with van der Waals surface area (Å²) < 4.78 is 36.9. The second-order valence-electron chi connectivity index (χ2n) is 8.72. The first kappa shape index (κ1) is 24.8. The van der Waals surface area contributed by atoms with Crippen molar-refractivity contribution in [2.24, 2.45) is 0 Å². The van der Waals surface area contributed by atoms with Gasteiger partial charge in [0, 0.05) is 19.5 Å². The third kappa shape index (κ3) is 6.42. The first-order valence-corrected chi connectivity index (χ1v) is 13.4. The molecule has 4 rings (SSSR count). The van der Waals surface area contributed by atoms with Gasteiger partial charge in [-0.3, -0.25) is 4.79 Å². The number of carbonyl (C=O) groups excluding carboxylic acids is 1. The van der Waals surface area contributed by atoms with Crippen molar-refractivity contribution in [3.8, 4) is 11.5 Å². The van der Waals surface area contributed by atoms with Crippen molar-refractivity contribution in [2.45, 2.75) is 42.4 Å². The van der Waals surface area contributed by atoms with E-state index in [1.807, 2.05) is 54.6 Å². The summed E-state index contributed by atoms with van der Waals surface area (Å²) in [6.45, 7) is 1.44. The third-order valence-electron chi connectivity index (χ3n) is 6.42. The molecule has 7 heteroatoms. The molecule has 35 heavy (non-hydrogen) atoms. The Morgan fingerprint density at radius 1 is 0.857 bits per heavy atom. The van der Waals surface area contributed by atoms with E-state index in [4.69, 9.17) is 9.47 Å². The van der Waals surface area contributed by atoms with Gasteiger partial charge < -0.3 is 14.4 Å². The Bertz CT molecular complexity index is 1200. The fraction of sp³-hybridized carbons (Fsp3) is 0.321. The lowest BCUT2D eigenvalue weighted by Gasteiger charge is -2.32. The van der Waals surface area contributed by atoms with Gasteiger partial charge in [-0.25, -0.2) is 8.42 Å². The summed E-state index contributed by atoms with van der Waals surface area (Å²) in [5.74, 6) is 1.48. The van der Waals surface area contributed by atoms with Crippen molar-refractivity contribution < 1.29 is 22.7 Å². The summed E-state index contributed by atoms with van der Waals surface area (Å²) in [5.41, 5.74) is 2.19. The number of sulfone groups is 1. The number of ether oxygens (including phenoxy) is 2. The summed E-state index contributed by atoms with van der Waals surface area (Å²) in [7, 11) is -1.87. The van der Waals surface area contributed by atoms with Crippen LogP contribution in [0.5, 0.6) is 11.5 Å². The molecule has 0 aliphatic carbocycles. The summed E-state index contributed by atoms with van der Waals surface area (Å²) in [6.07, 6.45) is 1.95. The summed E-state index contributed by atoms with van der Waals surface area (Å²) in [6, 6.07) is 24.3. The third-order valence-corrected chi connectivity index (χ3v) is 8.70. The van der Waals surface area contributed by atoms with Gasteiger partial charge in [-0.1, -0.05) is 42.5 Å². The smallest absolute Gasteiger partial charge is 0.222 e. The number of rotatable bonds is 9. The lowest BCUT2D eigenvalue weighted by molar-refractivity contribution is -0.132. The second kappa shape index (κ2) is 11.4. The van der Waals surface area contributed by atoms with Crippen molar-refractivity contribution in [1.82, 2.24) is 4.90 Å². The van der Waals surface area contributed by atoms with Gasteiger partial charge in [0.25, 0.3) is 0 Å². The number of hydrogen-bond donors (Lipinski definition) is 0. The van der Waals surface area contributed by atoms with Crippen molar-refractivity contribution in [3.63, 3.8) is 0 Å². The second-order valence-corrected chi connectivity index (χ2v) is 10.9. The van der Waals surface area contributed by atoms with Crippen LogP contribution in [0.4, 0.5) is 0 Å². The van der Waals surface area contributed by atoms with Crippen LogP contribution in [0.25, 0.3) is 0 Å². The number of piperidine rings is 1. The Hall–Kier alpha value is -3.32.